The van der Waals surface area contributed by atoms with Crippen LogP contribution in [-0.2, 0) is 13.6 Å². The molecule has 1 saturated heterocycles. The Hall–Kier alpha value is -2.90. The number of fused-ring (bicyclic) bond motifs is 1. The standard InChI is InChI=1S/C18H24N8/c1-12-5-7-26(8-6-12)15-4-3-13(9-20-15)10-21-18-23-16(19)14-11-22-25(2)17(14)24-18/h3-4,9,11-12H,5-8,10H2,1-2H3,(H3,19,21,23,24). The minimum Gasteiger partial charge on any atom is -0.383 e. The molecule has 0 aromatic carbocycles. The summed E-state index contributed by atoms with van der Waals surface area (Å²) >= 11 is 0. The molecule has 1 aliphatic heterocycles. The number of pyridine rings is 1. The summed E-state index contributed by atoms with van der Waals surface area (Å²) in [6.45, 7) is 5.08. The summed E-state index contributed by atoms with van der Waals surface area (Å²) in [5.41, 5.74) is 7.78. The highest BCUT2D eigenvalue weighted by Crippen LogP contribution is 2.22. The van der Waals surface area contributed by atoms with Gasteiger partial charge >= 0.3 is 0 Å². The third kappa shape index (κ3) is 3.26. The van der Waals surface area contributed by atoms with Gasteiger partial charge in [0.15, 0.2) is 5.65 Å². The van der Waals surface area contributed by atoms with E-state index in [1.54, 1.807) is 10.9 Å². The number of nitrogens with zero attached hydrogens (tertiary/aromatic N) is 6. The maximum atomic E-state index is 5.99. The van der Waals surface area contributed by atoms with Gasteiger partial charge in [0.05, 0.1) is 11.6 Å². The topological polar surface area (TPSA) is 97.8 Å². The van der Waals surface area contributed by atoms with Gasteiger partial charge in [-0.2, -0.15) is 15.1 Å². The van der Waals surface area contributed by atoms with Crippen molar-refractivity contribution in [2.45, 2.75) is 26.3 Å². The van der Waals surface area contributed by atoms with E-state index < -0.39 is 0 Å². The van der Waals surface area contributed by atoms with E-state index in [2.05, 4.69) is 49.3 Å². The Morgan fingerprint density at radius 2 is 2.00 bits per heavy atom. The zero-order valence-corrected chi connectivity index (χ0v) is 15.2. The molecular weight excluding hydrogens is 328 g/mol. The van der Waals surface area contributed by atoms with Crippen LogP contribution in [-0.4, -0.2) is 37.8 Å². The summed E-state index contributed by atoms with van der Waals surface area (Å²) in [7, 11) is 1.84. The average Bonchev–Trinajstić information content (AvgIpc) is 3.03. The Morgan fingerprint density at radius 1 is 1.19 bits per heavy atom. The van der Waals surface area contributed by atoms with Crippen molar-refractivity contribution in [1.82, 2.24) is 24.7 Å². The van der Waals surface area contributed by atoms with Gasteiger partial charge < -0.3 is 16.0 Å². The zero-order chi connectivity index (χ0) is 18.1. The van der Waals surface area contributed by atoms with E-state index in [9.17, 15) is 0 Å². The minimum absolute atomic E-state index is 0.429. The lowest BCUT2D eigenvalue weighted by atomic mass is 9.99. The van der Waals surface area contributed by atoms with Crippen LogP contribution in [0.1, 0.15) is 25.3 Å². The molecule has 4 rings (SSSR count). The molecule has 4 heterocycles. The lowest BCUT2D eigenvalue weighted by Gasteiger charge is -2.31. The molecule has 0 amide bonds. The van der Waals surface area contributed by atoms with Crippen molar-refractivity contribution in [3.8, 4) is 0 Å². The fraction of sp³-hybridized carbons (Fsp3) is 0.444. The normalized spacial score (nSPS) is 15.5. The van der Waals surface area contributed by atoms with Gasteiger partial charge in [-0.3, -0.25) is 4.68 Å². The fourth-order valence-corrected chi connectivity index (χ4v) is 3.25. The summed E-state index contributed by atoms with van der Waals surface area (Å²) in [5.74, 6) is 2.79. The summed E-state index contributed by atoms with van der Waals surface area (Å²) in [4.78, 5) is 15.8. The van der Waals surface area contributed by atoms with Crippen LogP contribution in [0.3, 0.4) is 0 Å². The smallest absolute Gasteiger partial charge is 0.226 e. The molecule has 1 fully saturated rings. The summed E-state index contributed by atoms with van der Waals surface area (Å²) in [6.07, 6.45) is 6.06. The van der Waals surface area contributed by atoms with Gasteiger partial charge in [0, 0.05) is 32.9 Å². The van der Waals surface area contributed by atoms with Crippen molar-refractivity contribution in [3.05, 3.63) is 30.1 Å². The van der Waals surface area contributed by atoms with Crippen molar-refractivity contribution in [2.75, 3.05) is 29.0 Å². The number of aromatic nitrogens is 5. The third-order valence-corrected chi connectivity index (χ3v) is 4.99. The third-order valence-electron chi connectivity index (χ3n) is 4.99. The van der Waals surface area contributed by atoms with Gasteiger partial charge in [0.25, 0.3) is 0 Å². The lowest BCUT2D eigenvalue weighted by molar-refractivity contribution is 0.436. The van der Waals surface area contributed by atoms with Crippen molar-refractivity contribution >= 4 is 28.6 Å². The summed E-state index contributed by atoms with van der Waals surface area (Å²) in [5, 5.41) is 8.15. The van der Waals surface area contributed by atoms with Crippen LogP contribution in [0.2, 0.25) is 0 Å². The second-order valence-electron chi connectivity index (χ2n) is 6.99. The predicted molar refractivity (Wildman–Crippen MR) is 103 cm³/mol. The van der Waals surface area contributed by atoms with E-state index >= 15 is 0 Å². The Bertz CT molecular complexity index is 893. The van der Waals surface area contributed by atoms with Crippen LogP contribution in [0.5, 0.6) is 0 Å². The van der Waals surface area contributed by atoms with Crippen LogP contribution >= 0.6 is 0 Å². The van der Waals surface area contributed by atoms with Crippen LogP contribution < -0.4 is 16.0 Å². The molecule has 1 aliphatic rings. The first-order valence-electron chi connectivity index (χ1n) is 8.99. The molecule has 0 radical (unpaired) electrons. The number of nitrogens with one attached hydrogen (secondary N) is 1. The van der Waals surface area contributed by atoms with E-state index in [1.807, 2.05) is 13.2 Å². The van der Waals surface area contributed by atoms with E-state index in [-0.39, 0.29) is 0 Å². The van der Waals surface area contributed by atoms with Gasteiger partial charge in [-0.1, -0.05) is 13.0 Å². The van der Waals surface area contributed by atoms with Crippen LogP contribution in [0.15, 0.2) is 24.5 Å². The van der Waals surface area contributed by atoms with Gasteiger partial charge in [0.1, 0.15) is 11.6 Å². The maximum absolute atomic E-state index is 5.99. The Balaban J connectivity index is 1.42. The number of nitrogen functional groups attached to an aromatic ring is 1. The van der Waals surface area contributed by atoms with Crippen LogP contribution in [0.25, 0.3) is 11.0 Å². The van der Waals surface area contributed by atoms with Crippen molar-refractivity contribution in [3.63, 3.8) is 0 Å². The average molecular weight is 352 g/mol. The first kappa shape index (κ1) is 16.6. The molecule has 3 N–H and O–H groups in total. The molecule has 26 heavy (non-hydrogen) atoms. The Morgan fingerprint density at radius 3 is 2.73 bits per heavy atom. The van der Waals surface area contributed by atoms with Crippen molar-refractivity contribution in [2.24, 2.45) is 13.0 Å². The number of rotatable bonds is 4. The predicted octanol–water partition coefficient (Wildman–Crippen LogP) is 2.19. The molecule has 0 unspecified atom stereocenters. The van der Waals surface area contributed by atoms with Crippen molar-refractivity contribution in [1.29, 1.82) is 0 Å². The van der Waals surface area contributed by atoms with Gasteiger partial charge in [-0.15, -0.1) is 0 Å². The van der Waals surface area contributed by atoms with Gasteiger partial charge in [-0.25, -0.2) is 4.98 Å². The van der Waals surface area contributed by atoms with Crippen LogP contribution in [0.4, 0.5) is 17.6 Å². The number of piperidine rings is 1. The number of anilines is 3. The molecule has 3 aromatic heterocycles. The molecule has 0 saturated carbocycles. The van der Waals surface area contributed by atoms with E-state index in [0.717, 1.165) is 35.8 Å². The highest BCUT2D eigenvalue weighted by Gasteiger charge is 2.16. The first-order valence-corrected chi connectivity index (χ1v) is 8.99. The molecule has 0 aliphatic carbocycles. The highest BCUT2D eigenvalue weighted by atomic mass is 15.3. The molecule has 8 nitrogen and oxygen atoms in total. The Labute approximate surface area is 152 Å². The van der Waals surface area contributed by atoms with E-state index in [4.69, 9.17) is 5.73 Å². The largest absolute Gasteiger partial charge is 0.383 e. The van der Waals surface area contributed by atoms with Gasteiger partial charge in [-0.05, 0) is 30.4 Å². The molecule has 0 spiro atoms. The quantitative estimate of drug-likeness (QED) is 0.742. The zero-order valence-electron chi connectivity index (χ0n) is 15.2. The molecule has 8 heteroatoms. The SMILES string of the molecule is CC1CCN(c2ccc(CNc3nc(N)c4cnn(C)c4n3)cn2)CC1. The second kappa shape index (κ2) is 6.78. The van der Waals surface area contributed by atoms with E-state index in [1.165, 1.54) is 12.8 Å². The number of nitrogens with two attached hydrogens (primary N) is 1. The van der Waals surface area contributed by atoms with E-state index in [0.29, 0.717) is 24.0 Å². The molecular formula is C18H24N8. The highest BCUT2D eigenvalue weighted by molar-refractivity contribution is 5.86. The summed E-state index contributed by atoms with van der Waals surface area (Å²) < 4.78 is 1.69. The minimum atomic E-state index is 0.429. The molecule has 3 aromatic rings. The van der Waals surface area contributed by atoms with Gasteiger partial charge in [0.2, 0.25) is 5.95 Å². The monoisotopic (exact) mass is 352 g/mol. The molecule has 136 valence electrons. The first-order chi connectivity index (χ1) is 12.6. The molecule has 0 bridgehead atoms. The maximum Gasteiger partial charge on any atom is 0.226 e. The lowest BCUT2D eigenvalue weighted by Crippen LogP contribution is -2.33. The summed E-state index contributed by atoms with van der Waals surface area (Å²) in [6, 6.07) is 4.19. The van der Waals surface area contributed by atoms with Crippen LogP contribution in [0, 0.1) is 5.92 Å². The number of aryl methyl sites for hydroxylation is 1. The number of hydrogen-bond acceptors (Lipinski definition) is 7. The van der Waals surface area contributed by atoms with Crippen molar-refractivity contribution < 1.29 is 0 Å². The fourth-order valence-electron chi connectivity index (χ4n) is 3.25. The molecule has 0 atom stereocenters. The second-order valence-corrected chi connectivity index (χ2v) is 6.99. The Kier molecular flexibility index (Phi) is 4.32. The number of hydrogen-bond donors (Lipinski definition) is 2.